The average molecular weight is 344 g/mol. The van der Waals surface area contributed by atoms with Crippen molar-refractivity contribution in [1.82, 2.24) is 20.0 Å². The van der Waals surface area contributed by atoms with Crippen molar-refractivity contribution in [2.24, 2.45) is 0 Å². The topological polar surface area (TPSA) is 83.5 Å². The van der Waals surface area contributed by atoms with Crippen LogP contribution in [0.15, 0.2) is 29.0 Å². The van der Waals surface area contributed by atoms with Crippen LogP contribution >= 0.6 is 0 Å². The Hall–Kier alpha value is -2.28. The Balaban J connectivity index is 1.47. The molecule has 1 saturated carbocycles. The summed E-state index contributed by atoms with van der Waals surface area (Å²) in [7, 11) is 0. The van der Waals surface area contributed by atoms with Crippen molar-refractivity contribution < 1.29 is 14.3 Å². The Bertz CT molecular complexity index is 721. The van der Waals surface area contributed by atoms with Crippen molar-refractivity contribution in [2.75, 3.05) is 6.61 Å². The van der Waals surface area contributed by atoms with Gasteiger partial charge in [-0.25, -0.2) is 4.79 Å². The van der Waals surface area contributed by atoms with Crippen LogP contribution in [0.5, 0.6) is 0 Å². The van der Waals surface area contributed by atoms with E-state index in [0.29, 0.717) is 19.1 Å². The fraction of sp³-hybridized carbons (Fsp3) is 0.556. The zero-order valence-corrected chi connectivity index (χ0v) is 14.2. The first-order chi connectivity index (χ1) is 12.3. The molecule has 7 nitrogen and oxygen atoms in total. The lowest BCUT2D eigenvalue weighted by molar-refractivity contribution is 0.181. The van der Waals surface area contributed by atoms with E-state index in [-0.39, 0.29) is 18.7 Å². The van der Waals surface area contributed by atoms with Gasteiger partial charge in [0.15, 0.2) is 0 Å². The number of carbonyl (C=O) groups is 1. The van der Waals surface area contributed by atoms with E-state index in [4.69, 9.17) is 9.52 Å². The molecule has 2 aromatic heterocycles. The fourth-order valence-corrected chi connectivity index (χ4v) is 3.61. The first-order valence-electron chi connectivity index (χ1n) is 9.01. The molecule has 0 spiro atoms. The number of hydrogen-bond donors (Lipinski definition) is 2. The minimum Gasteiger partial charge on any atom is -0.467 e. The summed E-state index contributed by atoms with van der Waals surface area (Å²) < 4.78 is 7.27. The Morgan fingerprint density at radius 1 is 1.44 bits per heavy atom. The van der Waals surface area contributed by atoms with E-state index in [2.05, 4.69) is 10.4 Å². The summed E-state index contributed by atoms with van der Waals surface area (Å²) in [4.78, 5) is 14.7. The number of urea groups is 1. The molecule has 1 unspecified atom stereocenters. The van der Waals surface area contributed by atoms with E-state index >= 15 is 0 Å². The molecule has 2 aromatic rings. The maximum absolute atomic E-state index is 12.9. The van der Waals surface area contributed by atoms with Crippen molar-refractivity contribution in [3.63, 3.8) is 0 Å². The van der Waals surface area contributed by atoms with E-state index in [9.17, 15) is 4.79 Å². The molecule has 1 atom stereocenters. The first-order valence-corrected chi connectivity index (χ1v) is 9.01. The molecule has 2 aliphatic carbocycles. The standard InChI is InChI=1S/C18H24N4O3/c23-9-8-22-17-5-1-4-16(15(17)11-19-22)20-18(24)21(13-6-7-13)12-14-3-2-10-25-14/h2-3,10-11,13,16,23H,1,4-9,12H2,(H,20,24). The van der Waals surface area contributed by atoms with Gasteiger partial charge in [-0.3, -0.25) is 4.68 Å². The highest BCUT2D eigenvalue weighted by Gasteiger charge is 2.35. The van der Waals surface area contributed by atoms with Crippen LogP contribution in [0.4, 0.5) is 4.79 Å². The second-order valence-corrected chi connectivity index (χ2v) is 6.83. The summed E-state index contributed by atoms with van der Waals surface area (Å²) in [6, 6.07) is 4.01. The molecule has 0 aliphatic heterocycles. The summed E-state index contributed by atoms with van der Waals surface area (Å²) in [5, 5.41) is 16.7. The smallest absolute Gasteiger partial charge is 0.318 e. The molecule has 2 amide bonds. The molecule has 0 aromatic carbocycles. The molecular weight excluding hydrogens is 320 g/mol. The molecule has 7 heteroatoms. The maximum Gasteiger partial charge on any atom is 0.318 e. The van der Waals surface area contributed by atoms with Crippen molar-refractivity contribution in [3.8, 4) is 0 Å². The second-order valence-electron chi connectivity index (χ2n) is 6.83. The Morgan fingerprint density at radius 2 is 2.32 bits per heavy atom. The van der Waals surface area contributed by atoms with Crippen molar-refractivity contribution in [1.29, 1.82) is 0 Å². The van der Waals surface area contributed by atoms with Crippen LogP contribution in [-0.2, 0) is 19.5 Å². The first kappa shape index (κ1) is 16.2. The second kappa shape index (κ2) is 6.92. The van der Waals surface area contributed by atoms with Crippen LogP contribution in [0.3, 0.4) is 0 Å². The normalized spacial score (nSPS) is 19.5. The lowest BCUT2D eigenvalue weighted by Crippen LogP contribution is -2.43. The van der Waals surface area contributed by atoms with Gasteiger partial charge in [0.2, 0.25) is 0 Å². The number of rotatable bonds is 6. The number of hydrogen-bond acceptors (Lipinski definition) is 4. The van der Waals surface area contributed by atoms with Gasteiger partial charge in [-0.2, -0.15) is 5.10 Å². The van der Waals surface area contributed by atoms with E-state index in [1.54, 1.807) is 6.26 Å². The predicted octanol–water partition coefficient (Wildman–Crippen LogP) is 2.22. The Morgan fingerprint density at radius 3 is 3.04 bits per heavy atom. The van der Waals surface area contributed by atoms with Crippen LogP contribution in [-0.4, -0.2) is 38.5 Å². The van der Waals surface area contributed by atoms with Crippen molar-refractivity contribution in [3.05, 3.63) is 41.6 Å². The molecule has 2 aliphatic rings. The SMILES string of the molecule is O=C(NC1CCCc2c1cnn2CCO)N(Cc1ccco1)C1CC1. The zero-order valence-electron chi connectivity index (χ0n) is 14.2. The van der Waals surface area contributed by atoms with Gasteiger partial charge in [0.05, 0.1) is 38.2 Å². The summed E-state index contributed by atoms with van der Waals surface area (Å²) in [5.41, 5.74) is 2.22. The molecule has 134 valence electrons. The summed E-state index contributed by atoms with van der Waals surface area (Å²) in [5.74, 6) is 0.808. The monoisotopic (exact) mass is 344 g/mol. The lowest BCUT2D eigenvalue weighted by Gasteiger charge is -2.28. The van der Waals surface area contributed by atoms with Crippen molar-refractivity contribution >= 4 is 6.03 Å². The zero-order chi connectivity index (χ0) is 17.2. The number of aliphatic hydroxyl groups is 1. The number of aliphatic hydroxyl groups excluding tert-OH is 1. The highest BCUT2D eigenvalue weighted by molar-refractivity contribution is 5.75. The number of nitrogens with one attached hydrogen (secondary N) is 1. The van der Waals surface area contributed by atoms with E-state index < -0.39 is 0 Å². The predicted molar refractivity (Wildman–Crippen MR) is 90.8 cm³/mol. The number of aromatic nitrogens is 2. The van der Waals surface area contributed by atoms with Gasteiger partial charge in [0, 0.05) is 17.3 Å². The molecule has 25 heavy (non-hydrogen) atoms. The Kier molecular flexibility index (Phi) is 4.48. The van der Waals surface area contributed by atoms with Crippen LogP contribution in [0.25, 0.3) is 0 Å². The van der Waals surface area contributed by atoms with E-state index in [0.717, 1.165) is 49.1 Å². The third-order valence-corrected chi connectivity index (χ3v) is 5.03. The van der Waals surface area contributed by atoms with Crippen LogP contribution < -0.4 is 5.32 Å². The van der Waals surface area contributed by atoms with Gasteiger partial charge in [-0.05, 0) is 44.2 Å². The van der Waals surface area contributed by atoms with Gasteiger partial charge >= 0.3 is 6.03 Å². The van der Waals surface area contributed by atoms with Gasteiger partial charge in [0.1, 0.15) is 5.76 Å². The highest BCUT2D eigenvalue weighted by Crippen LogP contribution is 2.32. The van der Waals surface area contributed by atoms with Crippen LogP contribution in [0.1, 0.15) is 48.7 Å². The average Bonchev–Trinajstić information content (AvgIpc) is 3.15. The molecule has 0 saturated heterocycles. The van der Waals surface area contributed by atoms with Gasteiger partial charge in [-0.15, -0.1) is 0 Å². The van der Waals surface area contributed by atoms with Gasteiger partial charge in [-0.1, -0.05) is 0 Å². The number of carbonyl (C=O) groups excluding carboxylic acids is 1. The third kappa shape index (κ3) is 3.42. The van der Waals surface area contributed by atoms with Crippen LogP contribution in [0, 0.1) is 0 Å². The quantitative estimate of drug-likeness (QED) is 0.842. The minimum atomic E-state index is -0.0355. The fourth-order valence-electron chi connectivity index (χ4n) is 3.61. The van der Waals surface area contributed by atoms with Gasteiger partial charge < -0.3 is 19.7 Å². The molecule has 1 fully saturated rings. The number of fused-ring (bicyclic) bond motifs is 1. The van der Waals surface area contributed by atoms with E-state index in [1.807, 2.05) is 27.9 Å². The molecule has 2 heterocycles. The highest BCUT2D eigenvalue weighted by atomic mass is 16.3. The maximum atomic E-state index is 12.9. The number of nitrogens with zero attached hydrogens (tertiary/aromatic N) is 3. The summed E-state index contributed by atoms with van der Waals surface area (Å²) in [6.07, 6.45) is 8.46. The third-order valence-electron chi connectivity index (χ3n) is 5.03. The molecule has 0 radical (unpaired) electrons. The number of furan rings is 1. The Labute approximate surface area is 146 Å². The lowest BCUT2D eigenvalue weighted by atomic mass is 9.93. The largest absolute Gasteiger partial charge is 0.467 e. The molecule has 0 bridgehead atoms. The van der Waals surface area contributed by atoms with Gasteiger partial charge in [0.25, 0.3) is 0 Å². The molecular formula is C18H24N4O3. The van der Waals surface area contributed by atoms with Crippen LogP contribution in [0.2, 0.25) is 0 Å². The minimum absolute atomic E-state index is 0.0125. The summed E-state index contributed by atoms with van der Waals surface area (Å²) >= 11 is 0. The number of amides is 2. The van der Waals surface area contributed by atoms with Crippen molar-refractivity contribution in [2.45, 2.75) is 57.3 Å². The van der Waals surface area contributed by atoms with E-state index in [1.165, 1.54) is 0 Å². The molecule has 4 rings (SSSR count). The molecule has 2 N–H and O–H groups in total. The summed E-state index contributed by atoms with van der Waals surface area (Å²) in [6.45, 7) is 1.08.